The molecule has 0 spiro atoms. The first-order valence-corrected chi connectivity index (χ1v) is 7.95. The second-order valence-electron chi connectivity index (χ2n) is 4.10. The first-order chi connectivity index (χ1) is 8.79. The molecule has 1 aliphatic rings. The van der Waals surface area contributed by atoms with E-state index >= 15 is 0 Å². The minimum Gasteiger partial charge on any atom is -0.353 e. The molecule has 1 heterocycles. The van der Waals surface area contributed by atoms with E-state index in [4.69, 9.17) is 5.73 Å². The standard InChI is InChI=1S/C13H16N2OS2/c14-6-1-2-10-5-7-18-12(10)8-17-9-13(16)15-11-3-4-11/h5,7,11H,3-4,6,8-9,14H2,(H,15,16). The van der Waals surface area contributed by atoms with Gasteiger partial charge in [0, 0.05) is 22.2 Å². The molecule has 5 heteroatoms. The van der Waals surface area contributed by atoms with E-state index in [1.54, 1.807) is 23.1 Å². The van der Waals surface area contributed by atoms with E-state index in [0.29, 0.717) is 18.3 Å². The summed E-state index contributed by atoms with van der Waals surface area (Å²) >= 11 is 3.32. The van der Waals surface area contributed by atoms with Gasteiger partial charge < -0.3 is 11.1 Å². The smallest absolute Gasteiger partial charge is 0.230 e. The lowest BCUT2D eigenvalue weighted by Gasteiger charge is -2.02. The van der Waals surface area contributed by atoms with Gasteiger partial charge in [-0.05, 0) is 24.3 Å². The summed E-state index contributed by atoms with van der Waals surface area (Å²) in [5, 5.41) is 5.01. The Hall–Kier alpha value is -0.960. The van der Waals surface area contributed by atoms with Crippen molar-refractivity contribution in [3.8, 4) is 11.8 Å². The fraction of sp³-hybridized carbons (Fsp3) is 0.462. The fourth-order valence-electron chi connectivity index (χ4n) is 1.44. The number of thiophene rings is 1. The summed E-state index contributed by atoms with van der Waals surface area (Å²) < 4.78 is 0. The van der Waals surface area contributed by atoms with Crippen LogP contribution in [0.1, 0.15) is 23.3 Å². The summed E-state index contributed by atoms with van der Waals surface area (Å²) in [5.74, 6) is 7.43. The van der Waals surface area contributed by atoms with E-state index in [2.05, 4.69) is 17.2 Å². The van der Waals surface area contributed by atoms with Gasteiger partial charge in [0.15, 0.2) is 0 Å². The Labute approximate surface area is 116 Å². The Balaban J connectivity index is 1.75. The summed E-state index contributed by atoms with van der Waals surface area (Å²) in [7, 11) is 0. The van der Waals surface area contributed by atoms with Crippen LogP contribution in [-0.4, -0.2) is 24.2 Å². The predicted octanol–water partition coefficient (Wildman–Crippen LogP) is 1.57. The molecule has 1 fully saturated rings. The van der Waals surface area contributed by atoms with Crippen LogP contribution in [0.5, 0.6) is 0 Å². The third-order valence-corrected chi connectivity index (χ3v) is 4.54. The van der Waals surface area contributed by atoms with Crippen molar-refractivity contribution in [3.05, 3.63) is 21.9 Å². The monoisotopic (exact) mass is 280 g/mol. The highest BCUT2D eigenvalue weighted by Gasteiger charge is 2.22. The van der Waals surface area contributed by atoms with Crippen LogP contribution >= 0.6 is 23.1 Å². The first kappa shape index (κ1) is 13.5. The van der Waals surface area contributed by atoms with Gasteiger partial charge in [-0.3, -0.25) is 4.79 Å². The molecule has 0 aliphatic heterocycles. The molecule has 0 atom stereocenters. The summed E-state index contributed by atoms with van der Waals surface area (Å²) in [6.07, 6.45) is 2.28. The topological polar surface area (TPSA) is 55.1 Å². The lowest BCUT2D eigenvalue weighted by Crippen LogP contribution is -2.27. The Morgan fingerprint density at radius 2 is 2.44 bits per heavy atom. The molecule has 0 radical (unpaired) electrons. The van der Waals surface area contributed by atoms with Crippen molar-refractivity contribution >= 4 is 29.0 Å². The highest BCUT2D eigenvalue weighted by atomic mass is 32.2. The highest BCUT2D eigenvalue weighted by molar-refractivity contribution is 7.99. The second-order valence-corrected chi connectivity index (χ2v) is 6.08. The first-order valence-electron chi connectivity index (χ1n) is 5.92. The van der Waals surface area contributed by atoms with Crippen LogP contribution in [0.3, 0.4) is 0 Å². The number of carbonyl (C=O) groups is 1. The van der Waals surface area contributed by atoms with Gasteiger partial charge >= 0.3 is 0 Å². The van der Waals surface area contributed by atoms with Gasteiger partial charge in [0.1, 0.15) is 0 Å². The van der Waals surface area contributed by atoms with Crippen molar-refractivity contribution in [2.24, 2.45) is 5.73 Å². The largest absolute Gasteiger partial charge is 0.353 e. The van der Waals surface area contributed by atoms with Crippen LogP contribution in [0.15, 0.2) is 11.4 Å². The number of amides is 1. The van der Waals surface area contributed by atoms with Gasteiger partial charge in [-0.15, -0.1) is 23.1 Å². The summed E-state index contributed by atoms with van der Waals surface area (Å²) in [6.45, 7) is 0.381. The number of hydrogen-bond donors (Lipinski definition) is 2. The van der Waals surface area contributed by atoms with Gasteiger partial charge in [-0.2, -0.15) is 0 Å². The minimum atomic E-state index is 0.147. The lowest BCUT2D eigenvalue weighted by atomic mass is 10.3. The zero-order valence-corrected chi connectivity index (χ0v) is 11.7. The van der Waals surface area contributed by atoms with Gasteiger partial charge in [-0.25, -0.2) is 0 Å². The Kier molecular flexibility index (Phi) is 5.12. The number of nitrogens with two attached hydrogens (primary N) is 1. The summed E-state index contributed by atoms with van der Waals surface area (Å²) in [6, 6.07) is 2.46. The van der Waals surface area contributed by atoms with E-state index in [9.17, 15) is 4.79 Å². The van der Waals surface area contributed by atoms with E-state index in [-0.39, 0.29) is 5.91 Å². The average molecular weight is 280 g/mol. The van der Waals surface area contributed by atoms with Gasteiger partial charge in [0.05, 0.1) is 12.3 Å². The van der Waals surface area contributed by atoms with Crippen LogP contribution in [0.25, 0.3) is 0 Å². The van der Waals surface area contributed by atoms with E-state index in [1.807, 2.05) is 11.4 Å². The van der Waals surface area contributed by atoms with Crippen molar-refractivity contribution < 1.29 is 4.79 Å². The Bertz CT molecular complexity index is 469. The number of nitrogens with one attached hydrogen (secondary N) is 1. The quantitative estimate of drug-likeness (QED) is 0.805. The molecular weight excluding hydrogens is 264 g/mol. The SMILES string of the molecule is NCC#Cc1ccsc1CSCC(=O)NC1CC1. The Morgan fingerprint density at radius 1 is 1.61 bits per heavy atom. The zero-order valence-electron chi connectivity index (χ0n) is 10.1. The molecular formula is C13H16N2OS2. The molecule has 0 unspecified atom stereocenters. The minimum absolute atomic E-state index is 0.147. The predicted molar refractivity (Wildman–Crippen MR) is 77.6 cm³/mol. The maximum atomic E-state index is 11.5. The van der Waals surface area contributed by atoms with Crippen molar-refractivity contribution in [2.75, 3.05) is 12.3 Å². The van der Waals surface area contributed by atoms with Gasteiger partial charge in [-0.1, -0.05) is 11.8 Å². The van der Waals surface area contributed by atoms with Crippen LogP contribution in [-0.2, 0) is 10.5 Å². The zero-order chi connectivity index (χ0) is 12.8. The molecule has 1 amide bonds. The molecule has 0 saturated heterocycles. The van der Waals surface area contributed by atoms with Crippen molar-refractivity contribution in [1.82, 2.24) is 5.32 Å². The molecule has 0 bridgehead atoms. The fourth-order valence-corrected chi connectivity index (χ4v) is 3.29. The van der Waals surface area contributed by atoms with Gasteiger partial charge in [0.2, 0.25) is 5.91 Å². The number of rotatable bonds is 5. The van der Waals surface area contributed by atoms with Crippen molar-refractivity contribution in [3.63, 3.8) is 0 Å². The normalized spacial score (nSPS) is 13.8. The third kappa shape index (κ3) is 4.37. The van der Waals surface area contributed by atoms with Crippen molar-refractivity contribution in [2.45, 2.75) is 24.6 Å². The van der Waals surface area contributed by atoms with Crippen molar-refractivity contribution in [1.29, 1.82) is 0 Å². The molecule has 1 aromatic rings. The molecule has 3 N–H and O–H groups in total. The molecule has 18 heavy (non-hydrogen) atoms. The number of hydrogen-bond acceptors (Lipinski definition) is 4. The Morgan fingerprint density at radius 3 is 3.17 bits per heavy atom. The maximum absolute atomic E-state index is 11.5. The van der Waals surface area contributed by atoms with E-state index in [1.165, 1.54) is 4.88 Å². The molecule has 0 aromatic carbocycles. The number of carbonyl (C=O) groups excluding carboxylic acids is 1. The molecule has 1 saturated carbocycles. The molecule has 3 nitrogen and oxygen atoms in total. The van der Waals surface area contributed by atoms with E-state index < -0.39 is 0 Å². The lowest BCUT2D eigenvalue weighted by molar-refractivity contribution is -0.118. The molecule has 2 rings (SSSR count). The summed E-state index contributed by atoms with van der Waals surface area (Å²) in [4.78, 5) is 12.7. The maximum Gasteiger partial charge on any atom is 0.230 e. The molecule has 1 aliphatic carbocycles. The third-order valence-electron chi connectivity index (χ3n) is 2.48. The summed E-state index contributed by atoms with van der Waals surface area (Å²) in [5.41, 5.74) is 6.40. The average Bonchev–Trinajstić information content (AvgIpc) is 3.05. The van der Waals surface area contributed by atoms with Crippen LogP contribution in [0.2, 0.25) is 0 Å². The molecule has 1 aromatic heterocycles. The second kappa shape index (κ2) is 6.83. The highest BCUT2D eigenvalue weighted by Crippen LogP contribution is 2.22. The number of thioether (sulfide) groups is 1. The van der Waals surface area contributed by atoms with Crippen LogP contribution < -0.4 is 11.1 Å². The van der Waals surface area contributed by atoms with Crippen LogP contribution in [0, 0.1) is 11.8 Å². The van der Waals surface area contributed by atoms with Crippen LogP contribution in [0.4, 0.5) is 0 Å². The van der Waals surface area contributed by atoms with E-state index in [0.717, 1.165) is 24.2 Å². The van der Waals surface area contributed by atoms with Gasteiger partial charge in [0.25, 0.3) is 0 Å². The molecule has 96 valence electrons.